The number of benzene rings is 1. The van der Waals surface area contributed by atoms with Gasteiger partial charge in [-0.05, 0) is 18.5 Å². The second-order valence-corrected chi connectivity index (χ2v) is 11.3. The van der Waals surface area contributed by atoms with E-state index in [0.717, 1.165) is 18.5 Å². The Balaban J connectivity index is 0.0000168. The molecule has 0 heterocycles. The van der Waals surface area contributed by atoms with Crippen LogP contribution in [-0.4, -0.2) is 57.2 Å². The average molecular weight is 611 g/mol. The Bertz CT molecular complexity index is 739. The van der Waals surface area contributed by atoms with E-state index in [1.165, 1.54) is 96.3 Å². The van der Waals surface area contributed by atoms with Crippen LogP contribution in [0.4, 0.5) is 0 Å². The van der Waals surface area contributed by atoms with Crippen molar-refractivity contribution in [2.45, 2.75) is 129 Å². The quantitative estimate of drug-likeness (QED) is 0.0778. The first kappa shape index (κ1) is 40.3. The lowest BCUT2D eigenvalue weighted by atomic mass is 10.0. The molecule has 1 atom stereocenters. The van der Waals surface area contributed by atoms with Crippen LogP contribution in [0, 0.1) is 0 Å². The maximum atomic E-state index is 12.7. The number of carbonyl (C=O) groups excluding carboxylic acids is 2. The first-order valence-electron chi connectivity index (χ1n) is 16.8. The van der Waals surface area contributed by atoms with E-state index in [-0.39, 0.29) is 24.2 Å². The van der Waals surface area contributed by atoms with Gasteiger partial charge in [0.25, 0.3) is 0 Å². The predicted molar refractivity (Wildman–Crippen MR) is 179 cm³/mol. The molecule has 0 bridgehead atoms. The lowest BCUT2D eigenvalue weighted by molar-refractivity contribution is -0.129. The van der Waals surface area contributed by atoms with Crippen LogP contribution in [0.25, 0.3) is 0 Å². The maximum absolute atomic E-state index is 12.7. The van der Waals surface area contributed by atoms with Crippen LogP contribution in [0.1, 0.15) is 122 Å². The zero-order chi connectivity index (χ0) is 29.6. The number of ether oxygens (including phenoxy) is 1. The number of nitrogens with one attached hydrogen (secondary N) is 3. The highest BCUT2D eigenvalue weighted by molar-refractivity contribution is 5.87. The smallest absolute Gasteiger partial charge is 0.243 e. The molecule has 0 radical (unpaired) electrons. The minimum Gasteiger partial charge on any atom is -0.378 e. The van der Waals surface area contributed by atoms with E-state index >= 15 is 0 Å². The van der Waals surface area contributed by atoms with Crippen molar-refractivity contribution in [2.75, 3.05) is 39.4 Å². The van der Waals surface area contributed by atoms with Gasteiger partial charge in [0.05, 0.1) is 13.2 Å². The molecule has 0 aliphatic heterocycles. The van der Waals surface area contributed by atoms with Gasteiger partial charge in [-0.25, -0.2) is 0 Å². The van der Waals surface area contributed by atoms with E-state index in [0.29, 0.717) is 45.7 Å². The van der Waals surface area contributed by atoms with Crippen LogP contribution in [0.5, 0.6) is 0 Å². The topological polar surface area (TPSA) is 105 Å². The minimum atomic E-state index is -0.611. The lowest BCUT2D eigenvalue weighted by Crippen LogP contribution is -2.49. The summed E-state index contributed by atoms with van der Waals surface area (Å²) in [5.41, 5.74) is 6.43. The first-order valence-corrected chi connectivity index (χ1v) is 16.8. The maximum Gasteiger partial charge on any atom is 0.243 e. The summed E-state index contributed by atoms with van der Waals surface area (Å²) in [6.07, 6.45) is 22.7. The number of halogens is 1. The Hall–Kier alpha value is -1.67. The van der Waals surface area contributed by atoms with Gasteiger partial charge < -0.3 is 26.4 Å². The van der Waals surface area contributed by atoms with Gasteiger partial charge in [0.2, 0.25) is 11.8 Å². The fourth-order valence-corrected chi connectivity index (χ4v) is 5.01. The molecule has 1 aromatic carbocycles. The van der Waals surface area contributed by atoms with Gasteiger partial charge in [0.15, 0.2) is 0 Å². The van der Waals surface area contributed by atoms with E-state index in [1.807, 2.05) is 30.3 Å². The molecule has 42 heavy (non-hydrogen) atoms. The number of rotatable bonds is 29. The first-order chi connectivity index (χ1) is 20.2. The van der Waals surface area contributed by atoms with Gasteiger partial charge in [0.1, 0.15) is 6.04 Å². The van der Waals surface area contributed by atoms with Crippen molar-refractivity contribution in [1.82, 2.24) is 16.0 Å². The van der Waals surface area contributed by atoms with E-state index in [9.17, 15) is 9.59 Å². The van der Waals surface area contributed by atoms with Crippen LogP contribution in [0.2, 0.25) is 0 Å². The summed E-state index contributed by atoms with van der Waals surface area (Å²) in [4.78, 5) is 25.3. The van der Waals surface area contributed by atoms with Crippen molar-refractivity contribution in [3.63, 3.8) is 0 Å². The summed E-state index contributed by atoms with van der Waals surface area (Å²) in [5.74, 6) is -0.306. The molecule has 0 aliphatic carbocycles. The molecule has 0 aromatic heterocycles. The number of unbranched alkanes of at least 4 members (excludes halogenated alkanes) is 15. The fourth-order valence-electron chi connectivity index (χ4n) is 5.01. The average Bonchev–Trinajstić information content (AvgIpc) is 2.98. The third-order valence-electron chi connectivity index (χ3n) is 7.48. The predicted octanol–water partition coefficient (Wildman–Crippen LogP) is 6.47. The van der Waals surface area contributed by atoms with Crippen molar-refractivity contribution >= 4 is 24.2 Å². The van der Waals surface area contributed by atoms with Gasteiger partial charge in [-0.2, -0.15) is 0 Å². The van der Waals surface area contributed by atoms with Crippen molar-refractivity contribution < 1.29 is 14.3 Å². The molecule has 244 valence electrons. The normalized spacial score (nSPS) is 11.6. The van der Waals surface area contributed by atoms with E-state index in [2.05, 4.69) is 22.9 Å². The molecule has 7 nitrogen and oxygen atoms in total. The molecule has 2 amide bonds. The molecular formula is C34H63ClN4O3. The van der Waals surface area contributed by atoms with Crippen LogP contribution >= 0.6 is 12.4 Å². The highest BCUT2D eigenvalue weighted by Crippen LogP contribution is 2.13. The number of hydrogen-bond donors (Lipinski definition) is 4. The van der Waals surface area contributed by atoms with Crippen LogP contribution in [0.15, 0.2) is 30.3 Å². The SMILES string of the molecule is CCCCCCCCCCCCCCCCCCNCCC(=O)N[C@@H](Cc1ccccc1)C(=O)NCCOCCN.Cl. The summed E-state index contributed by atoms with van der Waals surface area (Å²) in [7, 11) is 0. The molecule has 0 aliphatic rings. The number of nitrogens with two attached hydrogens (primary N) is 1. The minimum absolute atomic E-state index is 0. The third-order valence-corrected chi connectivity index (χ3v) is 7.48. The standard InChI is InChI=1S/C34H62N4O3.ClH/c1-2-3-4-5-6-7-8-9-10-11-12-13-14-15-16-20-25-36-26-23-33(39)38-32(30-31-21-18-17-19-22-31)34(40)37-27-29-41-28-24-35;/h17-19,21-22,32,36H,2-16,20,23-30,35H2,1H3,(H,37,40)(H,38,39);1H/t32-;/m0./s1. The Kier molecular flexibility index (Phi) is 29.6. The monoisotopic (exact) mass is 610 g/mol. The Morgan fingerprint density at radius 1 is 0.738 bits per heavy atom. The van der Waals surface area contributed by atoms with E-state index in [4.69, 9.17) is 10.5 Å². The highest BCUT2D eigenvalue weighted by atomic mass is 35.5. The summed E-state index contributed by atoms with van der Waals surface area (Å²) in [6, 6.07) is 9.15. The van der Waals surface area contributed by atoms with Crippen molar-refractivity contribution in [2.24, 2.45) is 5.73 Å². The molecule has 0 unspecified atom stereocenters. The third kappa shape index (κ3) is 24.9. The zero-order valence-corrected chi connectivity index (χ0v) is 27.5. The Morgan fingerprint density at radius 2 is 1.29 bits per heavy atom. The lowest BCUT2D eigenvalue weighted by Gasteiger charge is -2.19. The summed E-state index contributed by atoms with van der Waals surface area (Å²) >= 11 is 0. The summed E-state index contributed by atoms with van der Waals surface area (Å²) < 4.78 is 5.33. The Labute approximate surface area is 263 Å². The molecular weight excluding hydrogens is 548 g/mol. The van der Waals surface area contributed by atoms with Crippen molar-refractivity contribution in [1.29, 1.82) is 0 Å². The molecule has 5 N–H and O–H groups in total. The Morgan fingerprint density at radius 3 is 1.83 bits per heavy atom. The fraction of sp³-hybridized carbons (Fsp3) is 0.765. The second-order valence-electron chi connectivity index (χ2n) is 11.3. The highest BCUT2D eigenvalue weighted by Gasteiger charge is 2.20. The molecule has 1 rings (SSSR count). The molecule has 1 aromatic rings. The molecule has 8 heteroatoms. The molecule has 0 saturated carbocycles. The van der Waals surface area contributed by atoms with Crippen molar-refractivity contribution in [3.05, 3.63) is 35.9 Å². The van der Waals surface area contributed by atoms with E-state index in [1.54, 1.807) is 0 Å². The van der Waals surface area contributed by atoms with Crippen LogP contribution in [0.3, 0.4) is 0 Å². The van der Waals surface area contributed by atoms with Gasteiger partial charge in [0, 0.05) is 32.5 Å². The second kappa shape index (κ2) is 30.8. The largest absolute Gasteiger partial charge is 0.378 e. The van der Waals surface area contributed by atoms with Gasteiger partial charge in [-0.1, -0.05) is 134 Å². The molecule has 0 fully saturated rings. The van der Waals surface area contributed by atoms with Gasteiger partial charge in [-0.15, -0.1) is 12.4 Å². The number of amides is 2. The van der Waals surface area contributed by atoms with Crippen molar-refractivity contribution in [3.8, 4) is 0 Å². The molecule has 0 spiro atoms. The summed E-state index contributed by atoms with van der Waals surface area (Å²) in [6.45, 7) is 5.54. The van der Waals surface area contributed by atoms with Gasteiger partial charge in [-0.3, -0.25) is 9.59 Å². The number of carbonyl (C=O) groups is 2. The van der Waals surface area contributed by atoms with Crippen LogP contribution in [-0.2, 0) is 20.7 Å². The summed E-state index contributed by atoms with van der Waals surface area (Å²) in [5, 5.41) is 9.17. The van der Waals surface area contributed by atoms with Crippen LogP contribution < -0.4 is 21.7 Å². The molecule has 0 saturated heterocycles. The number of hydrogen-bond acceptors (Lipinski definition) is 5. The zero-order valence-electron chi connectivity index (χ0n) is 26.6. The van der Waals surface area contributed by atoms with E-state index < -0.39 is 6.04 Å². The van der Waals surface area contributed by atoms with Gasteiger partial charge >= 0.3 is 0 Å².